The highest BCUT2D eigenvalue weighted by Gasteiger charge is 2.06. The lowest BCUT2D eigenvalue weighted by Gasteiger charge is -2.11. The minimum absolute atomic E-state index is 0. The summed E-state index contributed by atoms with van der Waals surface area (Å²) >= 11 is 1.44. The molecule has 114 valence electrons. The Labute approximate surface area is 129 Å². The summed E-state index contributed by atoms with van der Waals surface area (Å²) in [5, 5.41) is 4.02. The minimum Gasteiger partial charge on any atom is -0.316 e. The lowest BCUT2D eigenvalue weighted by Crippen LogP contribution is -1.99. The molecule has 20 heavy (non-hydrogen) atoms. The third kappa shape index (κ3) is 8.85. The quantitative estimate of drug-likeness (QED) is 0.323. The van der Waals surface area contributed by atoms with Crippen molar-refractivity contribution in [3.63, 3.8) is 0 Å². The van der Waals surface area contributed by atoms with E-state index >= 15 is 0 Å². The summed E-state index contributed by atoms with van der Waals surface area (Å²) in [6.45, 7) is 4.87. The summed E-state index contributed by atoms with van der Waals surface area (Å²) < 4.78 is 15.5. The van der Waals surface area contributed by atoms with Crippen molar-refractivity contribution in [1.82, 2.24) is 4.83 Å². The molecule has 0 spiro atoms. The largest absolute Gasteiger partial charge is 0.332 e. The predicted molar refractivity (Wildman–Crippen MR) is 91.3 cm³/mol. The van der Waals surface area contributed by atoms with Crippen LogP contribution in [0.1, 0.15) is 12.5 Å². The zero-order valence-electron chi connectivity index (χ0n) is 12.0. The molecule has 1 aromatic rings. The Morgan fingerprint density at radius 1 is 1.30 bits per heavy atom. The van der Waals surface area contributed by atoms with Gasteiger partial charge in [-0.2, -0.15) is 15.0 Å². The van der Waals surface area contributed by atoms with Gasteiger partial charge in [0.25, 0.3) is 0 Å². The van der Waals surface area contributed by atoms with Crippen molar-refractivity contribution in [3.8, 4) is 0 Å². The molecule has 0 amide bonds. The molecule has 0 radical (unpaired) electrons. The van der Waals surface area contributed by atoms with Gasteiger partial charge < -0.3 is 13.6 Å². The van der Waals surface area contributed by atoms with Gasteiger partial charge >= 0.3 is 8.60 Å². The van der Waals surface area contributed by atoms with Gasteiger partial charge in [0, 0.05) is 24.0 Å². The van der Waals surface area contributed by atoms with Gasteiger partial charge in [0.15, 0.2) is 0 Å². The molecular formula is C12H22N2O3P2S. The Kier molecular flexibility index (Phi) is 12.4. The molecule has 0 aliphatic rings. The van der Waals surface area contributed by atoms with Gasteiger partial charge in [0.2, 0.25) is 0 Å². The molecule has 2 unspecified atom stereocenters. The number of nitrogens with one attached hydrogen (secondary N) is 1. The van der Waals surface area contributed by atoms with Gasteiger partial charge in [-0.3, -0.25) is 0 Å². The average Bonchev–Trinajstić information content (AvgIpc) is 2.43. The maximum atomic E-state index is 5.32. The minimum atomic E-state index is -1.25. The molecule has 8 heteroatoms. The average molecular weight is 336 g/mol. The molecule has 0 heterocycles. The van der Waals surface area contributed by atoms with Crippen molar-refractivity contribution in [2.75, 3.05) is 20.3 Å². The van der Waals surface area contributed by atoms with E-state index in [9.17, 15) is 0 Å². The summed E-state index contributed by atoms with van der Waals surface area (Å²) in [6, 6.07) is 8.20. The number of nitrogens with zero attached hydrogens (tertiary/aromatic N) is 1. The molecule has 2 atom stereocenters. The fraction of sp³-hybridized carbons (Fsp3) is 0.417. The monoisotopic (exact) mass is 336 g/mol. The Balaban J connectivity index is 0.00000361. The number of hydrazone groups is 1. The standard InChI is InChI=1S/C12H19N2O3PS.H3P/c1-4-16-18(15-3)17-10-9-13-14-19-12-7-5-11(2)6-8-12;/h5-9,14H,4,10H2,1-3H3;1H3/b13-9+;. The predicted octanol–water partition coefficient (Wildman–Crippen LogP) is 3.56. The van der Waals surface area contributed by atoms with Crippen molar-refractivity contribution >= 4 is 36.7 Å². The summed E-state index contributed by atoms with van der Waals surface area (Å²) in [4.78, 5) is 3.99. The molecule has 1 N–H and O–H groups in total. The highest BCUT2D eigenvalue weighted by atomic mass is 32.2. The molecule has 0 aliphatic heterocycles. The highest BCUT2D eigenvalue weighted by molar-refractivity contribution is 7.97. The second-order valence-corrected chi connectivity index (χ2v) is 5.62. The molecule has 0 aromatic heterocycles. The summed E-state index contributed by atoms with van der Waals surface area (Å²) in [5.41, 5.74) is 1.24. The highest BCUT2D eigenvalue weighted by Crippen LogP contribution is 2.37. The first-order valence-electron chi connectivity index (χ1n) is 5.86. The van der Waals surface area contributed by atoms with Gasteiger partial charge in [-0.15, -0.1) is 0 Å². The van der Waals surface area contributed by atoms with Crippen LogP contribution in [-0.4, -0.2) is 26.5 Å². The number of aryl methyl sites for hydroxylation is 1. The lowest BCUT2D eigenvalue weighted by atomic mass is 10.2. The Morgan fingerprint density at radius 2 is 2.00 bits per heavy atom. The number of hydrogen-bond donors (Lipinski definition) is 1. The van der Waals surface area contributed by atoms with E-state index in [0.717, 1.165) is 4.90 Å². The van der Waals surface area contributed by atoms with E-state index in [1.807, 2.05) is 19.1 Å². The Bertz CT molecular complexity index is 379. The van der Waals surface area contributed by atoms with E-state index < -0.39 is 8.60 Å². The first kappa shape index (κ1) is 19.8. The van der Waals surface area contributed by atoms with Crippen LogP contribution < -0.4 is 4.83 Å². The Morgan fingerprint density at radius 3 is 2.60 bits per heavy atom. The molecule has 1 rings (SSSR count). The van der Waals surface area contributed by atoms with Crippen LogP contribution in [0.2, 0.25) is 0 Å². The second kappa shape index (κ2) is 12.5. The van der Waals surface area contributed by atoms with Crippen LogP contribution in [-0.2, 0) is 13.6 Å². The summed E-state index contributed by atoms with van der Waals surface area (Å²) in [5.74, 6) is 0. The van der Waals surface area contributed by atoms with Crippen LogP contribution in [0.15, 0.2) is 34.3 Å². The van der Waals surface area contributed by atoms with Crippen molar-refractivity contribution in [2.24, 2.45) is 5.10 Å². The van der Waals surface area contributed by atoms with Crippen molar-refractivity contribution in [1.29, 1.82) is 0 Å². The van der Waals surface area contributed by atoms with E-state index in [4.69, 9.17) is 13.6 Å². The van der Waals surface area contributed by atoms with E-state index in [2.05, 4.69) is 29.0 Å². The third-order valence-corrected chi connectivity index (χ3v) is 3.80. The van der Waals surface area contributed by atoms with Crippen molar-refractivity contribution in [3.05, 3.63) is 29.8 Å². The maximum absolute atomic E-state index is 5.32. The van der Waals surface area contributed by atoms with E-state index in [1.54, 1.807) is 13.3 Å². The Hall–Kier alpha value is -0.220. The first-order chi connectivity index (χ1) is 9.26. The molecule has 0 fully saturated rings. The van der Waals surface area contributed by atoms with Crippen molar-refractivity contribution < 1.29 is 13.6 Å². The van der Waals surface area contributed by atoms with Crippen LogP contribution in [0.4, 0.5) is 0 Å². The normalized spacial score (nSPS) is 12.2. The van der Waals surface area contributed by atoms with Crippen LogP contribution in [0, 0.1) is 6.92 Å². The van der Waals surface area contributed by atoms with Crippen LogP contribution in [0.5, 0.6) is 0 Å². The maximum Gasteiger partial charge on any atom is 0.332 e. The van der Waals surface area contributed by atoms with Gasteiger partial charge in [-0.05, 0) is 26.0 Å². The molecule has 0 saturated heterocycles. The van der Waals surface area contributed by atoms with Crippen molar-refractivity contribution in [2.45, 2.75) is 18.7 Å². The topological polar surface area (TPSA) is 52.1 Å². The van der Waals surface area contributed by atoms with Gasteiger partial charge in [0.05, 0.1) is 19.4 Å². The lowest BCUT2D eigenvalue weighted by molar-refractivity contribution is 0.205. The smallest absolute Gasteiger partial charge is 0.316 e. The van der Waals surface area contributed by atoms with Gasteiger partial charge in [-0.1, -0.05) is 17.7 Å². The zero-order valence-corrected chi connectivity index (χ0v) is 15.2. The second-order valence-electron chi connectivity index (χ2n) is 3.44. The van der Waals surface area contributed by atoms with Gasteiger partial charge in [0.1, 0.15) is 0 Å². The summed E-state index contributed by atoms with van der Waals surface area (Å²) in [6.07, 6.45) is 1.63. The zero-order chi connectivity index (χ0) is 13.9. The third-order valence-electron chi connectivity index (χ3n) is 1.97. The van der Waals surface area contributed by atoms with Gasteiger partial charge in [-0.25, -0.2) is 4.83 Å². The molecule has 0 aliphatic carbocycles. The summed E-state index contributed by atoms with van der Waals surface area (Å²) in [7, 11) is 0.307. The van der Waals surface area contributed by atoms with Crippen LogP contribution >= 0.6 is 30.4 Å². The number of hydrogen-bond acceptors (Lipinski definition) is 6. The SMILES string of the molecule is CCOP(OC)OC/C=N/NSc1ccc(C)cc1.P. The van der Waals surface area contributed by atoms with E-state index in [1.165, 1.54) is 17.5 Å². The van der Waals surface area contributed by atoms with Crippen LogP contribution in [0.3, 0.4) is 0 Å². The number of benzene rings is 1. The first-order valence-corrected chi connectivity index (χ1v) is 7.77. The molecule has 1 aromatic carbocycles. The fourth-order valence-corrected chi connectivity index (χ4v) is 2.29. The molecule has 0 saturated carbocycles. The molecular weight excluding hydrogens is 314 g/mol. The molecule has 0 bridgehead atoms. The fourth-order valence-electron chi connectivity index (χ4n) is 1.10. The van der Waals surface area contributed by atoms with E-state index in [-0.39, 0.29) is 9.90 Å². The molecule has 5 nitrogen and oxygen atoms in total. The van der Waals surface area contributed by atoms with Crippen LogP contribution in [0.25, 0.3) is 0 Å². The van der Waals surface area contributed by atoms with E-state index in [0.29, 0.717) is 13.2 Å². The number of rotatable bonds is 9.